The third kappa shape index (κ3) is 20.2. The van der Waals surface area contributed by atoms with Gasteiger partial charge in [-0.15, -0.1) is 6.58 Å². The number of methoxy groups -OCH3 is 2. The van der Waals surface area contributed by atoms with Crippen LogP contribution in [0, 0.1) is 0 Å². The molecule has 0 heterocycles. The zero-order valence-electron chi connectivity index (χ0n) is 29.8. The number of aliphatic hydroxyl groups is 1. The van der Waals surface area contributed by atoms with Gasteiger partial charge in [0.2, 0.25) is 0 Å². The number of ether oxygens (including phenoxy) is 2. The number of hydrogen-bond acceptors (Lipinski definition) is 4. The molecule has 1 aliphatic rings. The van der Waals surface area contributed by atoms with Crippen LogP contribution in [-0.4, -0.2) is 43.2 Å². The smallest absolute Gasteiger partial charge is 0.250 e. The van der Waals surface area contributed by atoms with Crippen LogP contribution in [-0.2, 0) is 20.7 Å². The Labute approximate surface area is 271 Å². The van der Waals surface area contributed by atoms with Crippen LogP contribution in [0.15, 0.2) is 114 Å². The minimum absolute atomic E-state index is 0.0492. The minimum Gasteiger partial charge on any atom is -0.502 e. The second kappa shape index (κ2) is 30.7. The van der Waals surface area contributed by atoms with E-state index in [4.69, 9.17) is 9.47 Å². The minimum atomic E-state index is -0.0955. The van der Waals surface area contributed by atoms with Gasteiger partial charge < -0.3 is 19.5 Å². The van der Waals surface area contributed by atoms with Gasteiger partial charge in [-0.3, -0.25) is 4.79 Å². The second-order valence-corrected chi connectivity index (χ2v) is 9.32. The summed E-state index contributed by atoms with van der Waals surface area (Å²) in [6, 6.07) is 10.3. The van der Waals surface area contributed by atoms with E-state index in [0.717, 1.165) is 31.3 Å². The number of hydrogen-bond donors (Lipinski definition) is 1. The van der Waals surface area contributed by atoms with Gasteiger partial charge in [-0.2, -0.15) is 0 Å². The number of rotatable bonds is 12. The number of aliphatic hydroxyl groups excluding tert-OH is 1. The van der Waals surface area contributed by atoms with E-state index in [1.54, 1.807) is 12.2 Å². The lowest BCUT2D eigenvalue weighted by Gasteiger charge is -2.24. The zero-order valence-corrected chi connectivity index (χ0v) is 29.8. The molecule has 0 saturated heterocycles. The molecular formula is C39H63NO4. The fourth-order valence-electron chi connectivity index (χ4n) is 3.39. The first-order valence-corrected chi connectivity index (χ1v) is 16.0. The van der Waals surface area contributed by atoms with E-state index in [0.29, 0.717) is 30.8 Å². The molecule has 44 heavy (non-hydrogen) atoms. The number of amides is 1. The summed E-state index contributed by atoms with van der Waals surface area (Å²) in [5.74, 6) is 0.398. The Morgan fingerprint density at radius 1 is 1.02 bits per heavy atom. The monoisotopic (exact) mass is 609 g/mol. The van der Waals surface area contributed by atoms with Crippen molar-refractivity contribution in [2.75, 3.05) is 27.3 Å². The van der Waals surface area contributed by atoms with Crippen LogP contribution in [0.3, 0.4) is 0 Å². The normalized spacial score (nSPS) is 12.3. The van der Waals surface area contributed by atoms with E-state index in [-0.39, 0.29) is 17.4 Å². The molecule has 0 spiro atoms. The fraction of sp³-hybridized carbons (Fsp3) is 0.462. The Bertz CT molecular complexity index is 1060. The number of carbonyl (C=O) groups is 1. The van der Waals surface area contributed by atoms with Gasteiger partial charge in [-0.05, 0) is 64.2 Å². The van der Waals surface area contributed by atoms with Crippen LogP contribution in [0.4, 0.5) is 0 Å². The number of allylic oxidation sites excluding steroid dienone is 7. The molecule has 0 atom stereocenters. The van der Waals surface area contributed by atoms with Crippen molar-refractivity contribution in [2.24, 2.45) is 0 Å². The summed E-state index contributed by atoms with van der Waals surface area (Å²) in [7, 11) is 2.95. The molecule has 5 heteroatoms. The van der Waals surface area contributed by atoms with Gasteiger partial charge in [0.15, 0.2) is 17.3 Å². The molecule has 0 bridgehead atoms. The van der Waals surface area contributed by atoms with E-state index in [1.807, 2.05) is 82.9 Å². The molecule has 0 fully saturated rings. The highest BCUT2D eigenvalue weighted by molar-refractivity contribution is 5.94. The summed E-state index contributed by atoms with van der Waals surface area (Å²) < 4.78 is 10.5. The molecule has 1 N–H and O–H groups in total. The molecule has 0 aromatic heterocycles. The van der Waals surface area contributed by atoms with Gasteiger partial charge in [-0.1, -0.05) is 120 Å². The third-order valence-corrected chi connectivity index (χ3v) is 6.10. The molecular weight excluding hydrogens is 546 g/mol. The Hall–Kier alpha value is -3.73. The predicted molar refractivity (Wildman–Crippen MR) is 193 cm³/mol. The predicted octanol–water partition coefficient (Wildman–Crippen LogP) is 10.9. The van der Waals surface area contributed by atoms with Gasteiger partial charge in [0.1, 0.15) is 0 Å². The molecule has 248 valence electrons. The van der Waals surface area contributed by atoms with Gasteiger partial charge in [0, 0.05) is 18.7 Å². The molecule has 1 amide bonds. The molecule has 1 aromatic carbocycles. The summed E-state index contributed by atoms with van der Waals surface area (Å²) in [5.41, 5.74) is 4.20. The van der Waals surface area contributed by atoms with E-state index in [2.05, 4.69) is 52.1 Å². The first-order valence-electron chi connectivity index (χ1n) is 16.0. The molecule has 1 aliphatic carbocycles. The lowest BCUT2D eigenvalue weighted by Crippen LogP contribution is -2.34. The lowest BCUT2D eigenvalue weighted by molar-refractivity contribution is -0.126. The van der Waals surface area contributed by atoms with E-state index in [1.165, 1.54) is 25.4 Å². The largest absolute Gasteiger partial charge is 0.502 e. The molecule has 0 saturated carbocycles. The first kappa shape index (κ1) is 44.7. The van der Waals surface area contributed by atoms with Gasteiger partial charge in [-0.25, -0.2) is 0 Å². The zero-order chi connectivity index (χ0) is 34.3. The van der Waals surface area contributed by atoms with Crippen molar-refractivity contribution in [2.45, 2.75) is 94.4 Å². The number of benzene rings is 1. The van der Waals surface area contributed by atoms with Crippen LogP contribution in [0.2, 0.25) is 0 Å². The third-order valence-electron chi connectivity index (χ3n) is 6.10. The maximum Gasteiger partial charge on any atom is 0.250 e. The maximum atomic E-state index is 13.3. The van der Waals surface area contributed by atoms with E-state index in [9.17, 15) is 9.90 Å². The Kier molecular flexibility index (Phi) is 31.2. The van der Waals surface area contributed by atoms with Crippen molar-refractivity contribution >= 4 is 5.91 Å². The standard InChI is InChI=1S/C25H33NO4.C6H10.C4H8.2C2H6/c1-5-6-16-26(18-19(2)12-13-20-10-8-7-9-11-20)25(28)21-14-15-22(29-3)24(27)23(17-21)30-4;1-4-6(3)5-2;1-3-4-2;2*1-2/h7-12,15,17,27H,5-6,13-14,16,18H2,1-4H3;4-5H,1H2,2-3H3;3H,1,4H2,2H3;2*1-2H3/b19-12+;6-5-;;;. The van der Waals surface area contributed by atoms with Crippen molar-refractivity contribution in [3.8, 4) is 0 Å². The average Bonchev–Trinajstić information content (AvgIpc) is 3.25. The number of unbranched alkanes of at least 4 members (excludes halogenated alkanes) is 1. The second-order valence-electron chi connectivity index (χ2n) is 9.32. The highest BCUT2D eigenvalue weighted by atomic mass is 16.5. The SMILES string of the molecule is C=C/C(C)=C\C.C=CCC.CC.CC.CCCCN(C/C(C)=C/Cc1ccccc1)C(=O)C1=CC(OC)=C(O)C(OC)=CC1. The Balaban J connectivity index is -0.00000101. The van der Waals surface area contributed by atoms with Crippen LogP contribution in [0.1, 0.15) is 93.6 Å². The van der Waals surface area contributed by atoms with Crippen molar-refractivity contribution in [3.63, 3.8) is 0 Å². The van der Waals surface area contributed by atoms with Gasteiger partial charge >= 0.3 is 0 Å². The van der Waals surface area contributed by atoms with Crippen molar-refractivity contribution < 1.29 is 19.4 Å². The lowest BCUT2D eigenvalue weighted by atomic mass is 10.1. The van der Waals surface area contributed by atoms with Gasteiger partial charge in [0.25, 0.3) is 5.91 Å². The quantitative estimate of drug-likeness (QED) is 0.189. The molecule has 5 nitrogen and oxygen atoms in total. The number of carbonyl (C=O) groups excluding carboxylic acids is 1. The highest BCUT2D eigenvalue weighted by Crippen LogP contribution is 2.24. The summed E-state index contributed by atoms with van der Waals surface area (Å²) in [4.78, 5) is 15.2. The van der Waals surface area contributed by atoms with Crippen LogP contribution in [0.5, 0.6) is 0 Å². The van der Waals surface area contributed by atoms with E-state index >= 15 is 0 Å². The van der Waals surface area contributed by atoms with Gasteiger partial charge in [0.05, 0.1) is 14.2 Å². The molecule has 1 aromatic rings. The van der Waals surface area contributed by atoms with Crippen LogP contribution >= 0.6 is 0 Å². The van der Waals surface area contributed by atoms with Crippen molar-refractivity contribution in [1.82, 2.24) is 4.90 Å². The van der Waals surface area contributed by atoms with E-state index < -0.39 is 0 Å². The summed E-state index contributed by atoms with van der Waals surface area (Å²) in [5, 5.41) is 10.3. The van der Waals surface area contributed by atoms with Crippen LogP contribution < -0.4 is 0 Å². The number of nitrogens with zero attached hydrogens (tertiary/aromatic N) is 1. The van der Waals surface area contributed by atoms with Crippen molar-refractivity contribution in [3.05, 3.63) is 120 Å². The summed E-state index contributed by atoms with van der Waals surface area (Å²) in [6.07, 6.45) is 15.5. The molecule has 0 unspecified atom stereocenters. The average molecular weight is 610 g/mol. The maximum absolute atomic E-state index is 13.3. The molecule has 2 rings (SSSR count). The summed E-state index contributed by atoms with van der Waals surface area (Å²) >= 11 is 0. The Morgan fingerprint density at radius 3 is 2.05 bits per heavy atom. The topological polar surface area (TPSA) is 59.0 Å². The molecule has 0 aliphatic heterocycles. The Morgan fingerprint density at radius 2 is 1.61 bits per heavy atom. The highest BCUT2D eigenvalue weighted by Gasteiger charge is 2.23. The fourth-order valence-corrected chi connectivity index (χ4v) is 3.39. The first-order chi connectivity index (χ1) is 21.2. The van der Waals surface area contributed by atoms with Crippen molar-refractivity contribution in [1.29, 1.82) is 0 Å². The molecule has 0 radical (unpaired) electrons. The van der Waals surface area contributed by atoms with Crippen LogP contribution in [0.25, 0.3) is 0 Å². The summed E-state index contributed by atoms with van der Waals surface area (Å²) in [6.45, 7) is 26.6.